The molecule has 0 rings (SSSR count). The summed E-state index contributed by atoms with van der Waals surface area (Å²) in [4.78, 5) is 10.4. The van der Waals surface area contributed by atoms with Crippen LogP contribution in [-0.4, -0.2) is 11.1 Å². The van der Waals surface area contributed by atoms with Crippen LogP contribution in [-0.2, 0) is 4.79 Å². The molecule has 0 atom stereocenters. The Hall–Kier alpha value is -0.790. The van der Waals surface area contributed by atoms with E-state index in [2.05, 4.69) is 19.1 Å². The Balaban J connectivity index is 3.05. The van der Waals surface area contributed by atoms with Crippen LogP contribution in [0, 0.1) is 0 Å². The van der Waals surface area contributed by atoms with Crippen molar-refractivity contribution in [3.63, 3.8) is 0 Å². The number of aliphatic carboxylic acids is 1. The van der Waals surface area contributed by atoms with Gasteiger partial charge in [0.2, 0.25) is 0 Å². The molecular weight excluding hydrogens is 344 g/mol. The molecule has 0 fully saturated rings. The molecule has 0 aliphatic carbocycles. The molecule has 1 N–H and O–H groups in total. The zero-order valence-corrected chi connectivity index (χ0v) is 19.1. The summed E-state index contributed by atoms with van der Waals surface area (Å²) in [6, 6.07) is 0. The van der Waals surface area contributed by atoms with E-state index in [1.165, 1.54) is 116 Å². The maximum atomic E-state index is 10.4. The Morgan fingerprint density at radius 3 is 1.21 bits per heavy atom. The van der Waals surface area contributed by atoms with Crippen molar-refractivity contribution in [2.75, 3.05) is 0 Å². The molecule has 0 aromatic carbocycles. The minimum absolute atomic E-state index is 0.295. The highest BCUT2D eigenvalue weighted by Gasteiger charge is 1.95. The maximum Gasteiger partial charge on any atom is 0.303 e. The number of rotatable bonds is 23. The van der Waals surface area contributed by atoms with Crippen molar-refractivity contribution in [3.05, 3.63) is 12.2 Å². The van der Waals surface area contributed by atoms with E-state index in [4.69, 9.17) is 5.11 Å². The lowest BCUT2D eigenvalue weighted by Gasteiger charge is -2.03. The lowest BCUT2D eigenvalue weighted by Crippen LogP contribution is -1.92. The molecule has 0 amide bonds. The zero-order chi connectivity index (χ0) is 20.5. The molecule has 0 heterocycles. The smallest absolute Gasteiger partial charge is 0.303 e. The fraction of sp³-hybridized carbons (Fsp3) is 0.885. The Morgan fingerprint density at radius 1 is 0.536 bits per heavy atom. The van der Waals surface area contributed by atoms with E-state index >= 15 is 0 Å². The van der Waals surface area contributed by atoms with Crippen molar-refractivity contribution >= 4 is 5.97 Å². The summed E-state index contributed by atoms with van der Waals surface area (Å²) in [7, 11) is 0. The third kappa shape index (κ3) is 25.2. The van der Waals surface area contributed by atoms with Gasteiger partial charge < -0.3 is 5.11 Å². The third-order valence-corrected chi connectivity index (χ3v) is 5.65. The average molecular weight is 395 g/mol. The van der Waals surface area contributed by atoms with Crippen molar-refractivity contribution in [3.8, 4) is 0 Å². The standard InChI is InChI=1S/C26H50O2/c1-2-3-4-5-6-7-8-9-10-11-12-13-14-15-16-17-18-19-20-21-22-23-24-25-26(27)28/h21-22H,2-20,23-25H2,1H3,(H,27,28)/b22-21-. The summed E-state index contributed by atoms with van der Waals surface area (Å²) in [6.07, 6.45) is 33.1. The number of allylic oxidation sites excluding steroid dienone is 2. The van der Waals surface area contributed by atoms with Crippen molar-refractivity contribution in [1.29, 1.82) is 0 Å². The van der Waals surface area contributed by atoms with E-state index in [1.807, 2.05) is 0 Å². The topological polar surface area (TPSA) is 37.3 Å². The molecule has 0 radical (unpaired) electrons. The number of carbonyl (C=O) groups is 1. The van der Waals surface area contributed by atoms with Gasteiger partial charge in [0, 0.05) is 6.42 Å². The Morgan fingerprint density at radius 2 is 0.857 bits per heavy atom. The highest BCUT2D eigenvalue weighted by atomic mass is 16.4. The van der Waals surface area contributed by atoms with Crippen LogP contribution in [0.25, 0.3) is 0 Å². The molecule has 2 nitrogen and oxygen atoms in total. The first-order valence-corrected chi connectivity index (χ1v) is 12.6. The average Bonchev–Trinajstić information content (AvgIpc) is 2.68. The number of carboxylic acids is 1. The molecule has 166 valence electrons. The second kappa shape index (κ2) is 24.2. The van der Waals surface area contributed by atoms with Crippen molar-refractivity contribution < 1.29 is 9.90 Å². The molecule has 0 saturated carbocycles. The van der Waals surface area contributed by atoms with Crippen LogP contribution in [0.15, 0.2) is 12.2 Å². The van der Waals surface area contributed by atoms with Gasteiger partial charge in [0.15, 0.2) is 0 Å². The van der Waals surface area contributed by atoms with Gasteiger partial charge in [-0.2, -0.15) is 0 Å². The number of unbranched alkanes of at least 4 members (excludes halogenated alkanes) is 19. The quantitative estimate of drug-likeness (QED) is 0.138. The maximum absolute atomic E-state index is 10.4. The third-order valence-electron chi connectivity index (χ3n) is 5.65. The van der Waals surface area contributed by atoms with Gasteiger partial charge in [-0.25, -0.2) is 0 Å². The highest BCUT2D eigenvalue weighted by Crippen LogP contribution is 2.14. The van der Waals surface area contributed by atoms with Gasteiger partial charge in [-0.3, -0.25) is 4.79 Å². The van der Waals surface area contributed by atoms with Crippen LogP contribution in [0.1, 0.15) is 148 Å². The Kier molecular flexibility index (Phi) is 23.6. The molecule has 0 spiro atoms. The first-order valence-electron chi connectivity index (χ1n) is 12.6. The lowest BCUT2D eigenvalue weighted by atomic mass is 10.0. The molecule has 0 aliphatic heterocycles. The highest BCUT2D eigenvalue weighted by molar-refractivity contribution is 5.66. The fourth-order valence-electron chi connectivity index (χ4n) is 3.77. The molecule has 28 heavy (non-hydrogen) atoms. The summed E-state index contributed by atoms with van der Waals surface area (Å²) < 4.78 is 0. The van der Waals surface area contributed by atoms with E-state index in [9.17, 15) is 4.79 Å². The van der Waals surface area contributed by atoms with Gasteiger partial charge in [0.05, 0.1) is 0 Å². The van der Waals surface area contributed by atoms with Gasteiger partial charge >= 0.3 is 5.97 Å². The second-order valence-corrected chi connectivity index (χ2v) is 8.56. The zero-order valence-electron chi connectivity index (χ0n) is 19.1. The van der Waals surface area contributed by atoms with Crippen LogP contribution in [0.5, 0.6) is 0 Å². The number of hydrogen-bond acceptors (Lipinski definition) is 1. The largest absolute Gasteiger partial charge is 0.481 e. The minimum atomic E-state index is -0.683. The molecule has 0 unspecified atom stereocenters. The van der Waals surface area contributed by atoms with Gasteiger partial charge in [0.25, 0.3) is 0 Å². The van der Waals surface area contributed by atoms with Gasteiger partial charge in [-0.15, -0.1) is 0 Å². The lowest BCUT2D eigenvalue weighted by molar-refractivity contribution is -0.137. The van der Waals surface area contributed by atoms with Gasteiger partial charge in [-0.1, -0.05) is 128 Å². The van der Waals surface area contributed by atoms with E-state index < -0.39 is 5.97 Å². The second-order valence-electron chi connectivity index (χ2n) is 8.56. The number of carboxylic acid groups (broad SMARTS) is 1. The summed E-state index contributed by atoms with van der Waals surface area (Å²) in [5.41, 5.74) is 0. The molecule has 0 bridgehead atoms. The summed E-state index contributed by atoms with van der Waals surface area (Å²) in [6.45, 7) is 2.29. The van der Waals surface area contributed by atoms with Crippen molar-refractivity contribution in [2.24, 2.45) is 0 Å². The molecule has 0 aliphatic rings. The number of hydrogen-bond donors (Lipinski definition) is 1. The predicted octanol–water partition coefficient (Wildman–Crippen LogP) is 9.23. The van der Waals surface area contributed by atoms with E-state index in [0.717, 1.165) is 19.3 Å². The van der Waals surface area contributed by atoms with E-state index in [1.54, 1.807) is 0 Å². The summed E-state index contributed by atoms with van der Waals surface area (Å²) in [5, 5.41) is 8.56. The molecule has 2 heteroatoms. The van der Waals surface area contributed by atoms with Gasteiger partial charge in [0.1, 0.15) is 0 Å². The predicted molar refractivity (Wildman–Crippen MR) is 124 cm³/mol. The van der Waals surface area contributed by atoms with Crippen LogP contribution >= 0.6 is 0 Å². The summed E-state index contributed by atoms with van der Waals surface area (Å²) in [5.74, 6) is -0.683. The van der Waals surface area contributed by atoms with Gasteiger partial charge in [-0.05, 0) is 25.7 Å². The Labute approximate surface area is 176 Å². The van der Waals surface area contributed by atoms with Crippen LogP contribution in [0.3, 0.4) is 0 Å². The van der Waals surface area contributed by atoms with Crippen molar-refractivity contribution in [2.45, 2.75) is 148 Å². The Bertz CT molecular complexity index is 335. The fourth-order valence-corrected chi connectivity index (χ4v) is 3.77. The van der Waals surface area contributed by atoms with E-state index in [-0.39, 0.29) is 0 Å². The van der Waals surface area contributed by atoms with Crippen LogP contribution in [0.2, 0.25) is 0 Å². The minimum Gasteiger partial charge on any atom is -0.481 e. The molecule has 0 aromatic rings. The van der Waals surface area contributed by atoms with Crippen LogP contribution < -0.4 is 0 Å². The normalized spacial score (nSPS) is 11.5. The first kappa shape index (κ1) is 27.2. The van der Waals surface area contributed by atoms with Crippen LogP contribution in [0.4, 0.5) is 0 Å². The SMILES string of the molecule is CCCCCCCCCCCCCCCCCCCC/C=C\CCCC(=O)O. The molecule has 0 saturated heterocycles. The van der Waals surface area contributed by atoms with E-state index in [0.29, 0.717) is 6.42 Å². The summed E-state index contributed by atoms with van der Waals surface area (Å²) >= 11 is 0. The molecule has 0 aromatic heterocycles. The molecular formula is C26H50O2. The first-order chi connectivity index (χ1) is 13.8. The monoisotopic (exact) mass is 394 g/mol. The van der Waals surface area contributed by atoms with Crippen molar-refractivity contribution in [1.82, 2.24) is 0 Å².